The second kappa shape index (κ2) is 6.34. The number of benzene rings is 1. The van der Waals surface area contributed by atoms with E-state index >= 15 is 0 Å². The molecular formula is C22H18F2N4O. The predicted octanol–water partition coefficient (Wildman–Crippen LogP) is 3.52. The molecule has 1 fully saturated rings. The third kappa shape index (κ3) is 2.85. The highest BCUT2D eigenvalue weighted by Gasteiger charge is 2.57. The third-order valence-electron chi connectivity index (χ3n) is 5.49. The van der Waals surface area contributed by atoms with Gasteiger partial charge in [-0.15, -0.1) is 0 Å². The van der Waals surface area contributed by atoms with Gasteiger partial charge in [-0.05, 0) is 41.5 Å². The smallest absolute Gasteiger partial charge is 0.255 e. The van der Waals surface area contributed by atoms with Crippen molar-refractivity contribution in [3.8, 4) is 5.75 Å². The van der Waals surface area contributed by atoms with Gasteiger partial charge in [-0.2, -0.15) is 0 Å². The Morgan fingerprint density at radius 1 is 1.03 bits per heavy atom. The molecule has 146 valence electrons. The van der Waals surface area contributed by atoms with Crippen LogP contribution in [0, 0.1) is 5.92 Å². The Bertz CT molecular complexity index is 1100. The number of amidine groups is 1. The van der Waals surface area contributed by atoms with Gasteiger partial charge in [0.25, 0.3) is 5.92 Å². The Hall–Kier alpha value is -3.35. The molecular weight excluding hydrogens is 374 g/mol. The van der Waals surface area contributed by atoms with Crippen LogP contribution in [0.3, 0.4) is 0 Å². The molecule has 1 aliphatic heterocycles. The first kappa shape index (κ1) is 17.7. The molecule has 0 spiro atoms. The zero-order chi connectivity index (χ0) is 20.1. The Balaban J connectivity index is 1.60. The average molecular weight is 392 g/mol. The van der Waals surface area contributed by atoms with E-state index in [9.17, 15) is 8.78 Å². The topological polar surface area (TPSA) is 73.4 Å². The quantitative estimate of drug-likeness (QED) is 0.721. The molecule has 29 heavy (non-hydrogen) atoms. The first-order valence-corrected chi connectivity index (χ1v) is 9.33. The summed E-state index contributed by atoms with van der Waals surface area (Å²) in [6.45, 7) is -0.0116. The van der Waals surface area contributed by atoms with Crippen LogP contribution in [0.1, 0.15) is 28.8 Å². The summed E-state index contributed by atoms with van der Waals surface area (Å²) >= 11 is 0. The molecule has 5 nitrogen and oxygen atoms in total. The third-order valence-corrected chi connectivity index (χ3v) is 5.49. The van der Waals surface area contributed by atoms with Crippen molar-refractivity contribution in [2.45, 2.75) is 17.9 Å². The fourth-order valence-electron chi connectivity index (χ4n) is 3.85. The molecule has 0 amide bonds. The lowest BCUT2D eigenvalue weighted by atomic mass is 9.79. The number of aromatic nitrogens is 2. The van der Waals surface area contributed by atoms with Gasteiger partial charge in [-0.25, -0.2) is 13.8 Å². The van der Waals surface area contributed by atoms with Gasteiger partial charge in [-0.1, -0.05) is 18.2 Å². The van der Waals surface area contributed by atoms with E-state index < -0.39 is 17.4 Å². The number of fused-ring (bicyclic) bond motifs is 1. The summed E-state index contributed by atoms with van der Waals surface area (Å²) < 4.78 is 32.1. The lowest BCUT2D eigenvalue weighted by Gasteiger charge is -2.29. The molecule has 5 rings (SSSR count). The standard InChI is InChI=1S/C22H18F2N4O/c23-21(24)12-16(21)13-29-17-4-1-3-15(11-17)22(14-6-9-26-10-7-14)18-5-2-8-27-19(18)20(25)28-22/h1-11,16H,12-13H2,(H2,25,28). The maximum absolute atomic E-state index is 13.2. The lowest BCUT2D eigenvalue weighted by Crippen LogP contribution is -2.25. The maximum atomic E-state index is 13.2. The molecule has 2 unspecified atom stereocenters. The van der Waals surface area contributed by atoms with Crippen LogP contribution in [0.25, 0.3) is 0 Å². The molecule has 2 N–H and O–H groups in total. The van der Waals surface area contributed by atoms with Crippen molar-refractivity contribution in [1.82, 2.24) is 9.97 Å². The molecule has 0 bridgehead atoms. The van der Waals surface area contributed by atoms with Crippen LogP contribution >= 0.6 is 0 Å². The highest BCUT2D eigenvalue weighted by molar-refractivity contribution is 6.01. The highest BCUT2D eigenvalue weighted by atomic mass is 19.3. The summed E-state index contributed by atoms with van der Waals surface area (Å²) in [5, 5.41) is 0. The summed E-state index contributed by atoms with van der Waals surface area (Å²) in [5.41, 5.74) is 8.51. The van der Waals surface area contributed by atoms with E-state index in [1.165, 1.54) is 0 Å². The van der Waals surface area contributed by atoms with E-state index in [-0.39, 0.29) is 13.0 Å². The van der Waals surface area contributed by atoms with Crippen molar-refractivity contribution in [3.05, 3.63) is 89.5 Å². The summed E-state index contributed by atoms with van der Waals surface area (Å²) in [5.74, 6) is -2.46. The number of nitrogens with zero attached hydrogens (tertiary/aromatic N) is 3. The van der Waals surface area contributed by atoms with E-state index in [1.54, 1.807) is 24.7 Å². The zero-order valence-electron chi connectivity index (χ0n) is 15.4. The van der Waals surface area contributed by atoms with Crippen LogP contribution in [0.15, 0.2) is 72.1 Å². The molecule has 2 aromatic heterocycles. The van der Waals surface area contributed by atoms with Gasteiger partial charge in [0.1, 0.15) is 22.8 Å². The molecule has 3 aromatic rings. The Morgan fingerprint density at radius 3 is 2.59 bits per heavy atom. The average Bonchev–Trinajstić information content (AvgIpc) is 3.25. The number of halogens is 2. The minimum atomic E-state index is -2.61. The number of nitrogens with two attached hydrogens (primary N) is 1. The van der Waals surface area contributed by atoms with Crippen molar-refractivity contribution >= 4 is 5.84 Å². The van der Waals surface area contributed by atoms with Crippen molar-refractivity contribution < 1.29 is 13.5 Å². The highest BCUT2D eigenvalue weighted by Crippen LogP contribution is 2.49. The second-order valence-corrected chi connectivity index (χ2v) is 7.34. The Kier molecular flexibility index (Phi) is 3.87. The first-order chi connectivity index (χ1) is 14.0. The first-order valence-electron chi connectivity index (χ1n) is 9.33. The van der Waals surface area contributed by atoms with E-state index in [0.29, 0.717) is 17.3 Å². The van der Waals surface area contributed by atoms with E-state index in [4.69, 9.17) is 15.5 Å². The predicted molar refractivity (Wildman–Crippen MR) is 104 cm³/mol. The van der Waals surface area contributed by atoms with Crippen molar-refractivity contribution in [1.29, 1.82) is 0 Å². The van der Waals surface area contributed by atoms with E-state index in [0.717, 1.165) is 16.7 Å². The number of rotatable bonds is 5. The number of alkyl halides is 2. The minimum absolute atomic E-state index is 0.0116. The van der Waals surface area contributed by atoms with Gasteiger partial charge >= 0.3 is 0 Å². The summed E-state index contributed by atoms with van der Waals surface area (Å²) in [6, 6.07) is 14.9. The number of aliphatic imine (C=N–C) groups is 1. The van der Waals surface area contributed by atoms with Crippen LogP contribution < -0.4 is 10.5 Å². The van der Waals surface area contributed by atoms with Gasteiger partial charge in [0.05, 0.1) is 12.5 Å². The number of hydrogen-bond acceptors (Lipinski definition) is 5. The maximum Gasteiger partial charge on any atom is 0.255 e. The number of pyridine rings is 2. The van der Waals surface area contributed by atoms with E-state index in [1.807, 2.05) is 42.5 Å². The number of ether oxygens (including phenoxy) is 1. The molecule has 0 radical (unpaired) electrons. The van der Waals surface area contributed by atoms with Gasteiger partial charge in [-0.3, -0.25) is 9.97 Å². The molecule has 1 aromatic carbocycles. The molecule has 7 heteroatoms. The monoisotopic (exact) mass is 392 g/mol. The molecule has 0 saturated heterocycles. The Morgan fingerprint density at radius 2 is 1.83 bits per heavy atom. The van der Waals surface area contributed by atoms with E-state index in [2.05, 4.69) is 9.97 Å². The van der Waals surface area contributed by atoms with Crippen LogP contribution in [0.4, 0.5) is 8.78 Å². The van der Waals surface area contributed by atoms with Gasteiger partial charge in [0.2, 0.25) is 0 Å². The SMILES string of the molecule is NC1=NC(c2ccncc2)(c2cccc(OCC3CC3(F)F)c2)c2cccnc21. The van der Waals surface area contributed by atoms with Gasteiger partial charge in [0, 0.05) is 30.6 Å². The minimum Gasteiger partial charge on any atom is -0.493 e. The van der Waals surface area contributed by atoms with Crippen molar-refractivity contribution in [3.63, 3.8) is 0 Å². The summed E-state index contributed by atoms with van der Waals surface area (Å²) in [6.07, 6.45) is 4.96. The zero-order valence-corrected chi connectivity index (χ0v) is 15.4. The normalized spacial score (nSPS) is 23.9. The summed E-state index contributed by atoms with van der Waals surface area (Å²) in [4.78, 5) is 13.3. The fraction of sp³-hybridized carbons (Fsp3) is 0.227. The molecule has 1 saturated carbocycles. The van der Waals surface area contributed by atoms with Gasteiger partial charge in [0.15, 0.2) is 0 Å². The van der Waals surface area contributed by atoms with Crippen molar-refractivity contribution in [2.75, 3.05) is 6.61 Å². The largest absolute Gasteiger partial charge is 0.493 e. The van der Waals surface area contributed by atoms with Crippen LogP contribution in [0.5, 0.6) is 5.75 Å². The molecule has 3 heterocycles. The van der Waals surface area contributed by atoms with Crippen LogP contribution in [-0.4, -0.2) is 28.3 Å². The van der Waals surface area contributed by atoms with Gasteiger partial charge < -0.3 is 10.5 Å². The molecule has 1 aliphatic carbocycles. The van der Waals surface area contributed by atoms with Crippen molar-refractivity contribution in [2.24, 2.45) is 16.6 Å². The Labute approximate surface area is 166 Å². The second-order valence-electron chi connectivity index (χ2n) is 7.34. The van der Waals surface area contributed by atoms with Crippen LogP contribution in [-0.2, 0) is 5.54 Å². The fourth-order valence-corrected chi connectivity index (χ4v) is 3.85. The molecule has 2 aliphatic rings. The lowest BCUT2D eigenvalue weighted by molar-refractivity contribution is 0.0856. The molecule has 2 atom stereocenters. The van der Waals surface area contributed by atoms with Crippen LogP contribution in [0.2, 0.25) is 0 Å². The number of hydrogen-bond donors (Lipinski definition) is 1. The summed E-state index contributed by atoms with van der Waals surface area (Å²) in [7, 11) is 0.